The second-order valence-corrected chi connectivity index (χ2v) is 7.95. The van der Waals surface area contributed by atoms with Crippen molar-refractivity contribution < 1.29 is 13.2 Å². The van der Waals surface area contributed by atoms with Gasteiger partial charge >= 0.3 is 6.18 Å². The van der Waals surface area contributed by atoms with Gasteiger partial charge in [-0.25, -0.2) is 4.99 Å². The first-order valence-electron chi connectivity index (χ1n) is 9.31. The lowest BCUT2D eigenvalue weighted by Gasteiger charge is -2.20. The van der Waals surface area contributed by atoms with Gasteiger partial charge in [-0.05, 0) is 54.0 Å². The van der Waals surface area contributed by atoms with Crippen molar-refractivity contribution in [2.45, 2.75) is 50.9 Å². The third-order valence-corrected chi connectivity index (χ3v) is 5.70. The Labute approximate surface area is 173 Å². The maximum absolute atomic E-state index is 13.4. The average Bonchev–Trinajstić information content (AvgIpc) is 2.90. The molecule has 1 unspecified atom stereocenters. The second kappa shape index (κ2) is 7.54. The highest BCUT2D eigenvalue weighted by molar-refractivity contribution is 7.80. The van der Waals surface area contributed by atoms with Crippen molar-refractivity contribution in [1.82, 2.24) is 0 Å². The zero-order chi connectivity index (χ0) is 21.7. The van der Waals surface area contributed by atoms with Gasteiger partial charge in [0, 0.05) is 21.4 Å². The third kappa shape index (κ3) is 3.69. The van der Waals surface area contributed by atoms with Crippen LogP contribution in [-0.4, -0.2) is 12.0 Å². The molecule has 0 spiro atoms. The van der Waals surface area contributed by atoms with Crippen LogP contribution in [0.4, 0.5) is 13.2 Å². The van der Waals surface area contributed by atoms with Crippen LogP contribution in [0.25, 0.3) is 16.3 Å². The molecular weight excluding hydrogens is 395 g/mol. The molecule has 0 amide bonds. The Balaban J connectivity index is 2.44. The summed E-state index contributed by atoms with van der Waals surface area (Å²) >= 11 is 4.75. The minimum absolute atomic E-state index is 0.201. The summed E-state index contributed by atoms with van der Waals surface area (Å²) in [6.07, 6.45) is -2.90. The average molecular weight is 420 g/mol. The van der Waals surface area contributed by atoms with Crippen LogP contribution in [0.1, 0.15) is 62.0 Å². The molecular formula is C22H24F3N3S. The van der Waals surface area contributed by atoms with Crippen molar-refractivity contribution in [2.75, 3.05) is 0 Å². The third-order valence-electron chi connectivity index (χ3n) is 5.22. The molecule has 1 aliphatic rings. The van der Waals surface area contributed by atoms with E-state index in [0.29, 0.717) is 22.3 Å². The zero-order valence-electron chi connectivity index (χ0n) is 16.7. The number of alkyl halides is 3. The molecule has 29 heavy (non-hydrogen) atoms. The summed E-state index contributed by atoms with van der Waals surface area (Å²) in [5.74, 6) is 0.431. The van der Waals surface area contributed by atoms with Crippen molar-refractivity contribution in [3.05, 3.63) is 58.2 Å². The number of nitrogens with two attached hydrogens (primary N) is 2. The number of hydrogen-bond acceptors (Lipinski definition) is 4. The lowest BCUT2D eigenvalue weighted by molar-refractivity contribution is -0.0882. The SMILES string of the molecule is C/C=C(\C=C(/C)c1c2c(cc3ccc(C(C)C)c(S)c13)C(N)N=C2N)C(F)(F)F. The number of halogens is 3. The van der Waals surface area contributed by atoms with Crippen molar-refractivity contribution in [3.63, 3.8) is 0 Å². The van der Waals surface area contributed by atoms with Gasteiger partial charge in [-0.1, -0.05) is 32.1 Å². The fourth-order valence-corrected chi connectivity index (χ4v) is 4.38. The fourth-order valence-electron chi connectivity index (χ4n) is 3.80. The Hall–Kier alpha value is -2.25. The first kappa shape index (κ1) is 21.5. The molecule has 154 valence electrons. The molecule has 0 aliphatic carbocycles. The highest BCUT2D eigenvalue weighted by Crippen LogP contribution is 2.42. The zero-order valence-corrected chi connectivity index (χ0v) is 17.6. The van der Waals surface area contributed by atoms with E-state index < -0.39 is 17.9 Å². The van der Waals surface area contributed by atoms with Crippen LogP contribution in [0.15, 0.2) is 45.8 Å². The van der Waals surface area contributed by atoms with E-state index in [-0.39, 0.29) is 11.8 Å². The molecule has 0 radical (unpaired) electrons. The molecule has 2 aromatic rings. The maximum atomic E-state index is 13.4. The van der Waals surface area contributed by atoms with E-state index in [2.05, 4.69) is 4.99 Å². The molecule has 2 aromatic carbocycles. The van der Waals surface area contributed by atoms with Gasteiger partial charge in [-0.15, -0.1) is 12.6 Å². The van der Waals surface area contributed by atoms with Crippen molar-refractivity contribution in [3.8, 4) is 0 Å². The topological polar surface area (TPSA) is 64.4 Å². The molecule has 0 saturated heterocycles. The number of fused-ring (bicyclic) bond motifs is 2. The van der Waals surface area contributed by atoms with Gasteiger partial charge in [0.1, 0.15) is 12.0 Å². The number of rotatable bonds is 3. The van der Waals surface area contributed by atoms with E-state index in [1.165, 1.54) is 6.92 Å². The van der Waals surface area contributed by atoms with Gasteiger partial charge in [0.25, 0.3) is 0 Å². The Kier molecular flexibility index (Phi) is 5.58. The maximum Gasteiger partial charge on any atom is 0.416 e. The number of thiol groups is 1. The predicted octanol–water partition coefficient (Wildman–Crippen LogP) is 5.84. The first-order valence-corrected chi connectivity index (χ1v) is 9.76. The molecule has 0 saturated carbocycles. The largest absolute Gasteiger partial charge is 0.416 e. The van der Waals surface area contributed by atoms with E-state index in [1.807, 2.05) is 32.0 Å². The van der Waals surface area contributed by atoms with Crippen LogP contribution in [-0.2, 0) is 0 Å². The fraction of sp³-hybridized carbons (Fsp3) is 0.318. The normalized spacial score (nSPS) is 17.9. The second-order valence-electron chi connectivity index (χ2n) is 7.50. The van der Waals surface area contributed by atoms with Crippen LogP contribution in [0.5, 0.6) is 0 Å². The van der Waals surface area contributed by atoms with Crippen molar-refractivity contribution >= 4 is 34.8 Å². The van der Waals surface area contributed by atoms with E-state index in [0.717, 1.165) is 33.4 Å². The predicted molar refractivity (Wildman–Crippen MR) is 116 cm³/mol. The number of aliphatic imine (C=N–C) groups is 1. The molecule has 0 aromatic heterocycles. The Morgan fingerprint density at radius 3 is 2.48 bits per heavy atom. The molecule has 0 bridgehead atoms. The summed E-state index contributed by atoms with van der Waals surface area (Å²) in [4.78, 5) is 4.97. The smallest absolute Gasteiger partial charge is 0.383 e. The highest BCUT2D eigenvalue weighted by Gasteiger charge is 2.33. The van der Waals surface area contributed by atoms with E-state index in [1.54, 1.807) is 6.92 Å². The molecule has 7 heteroatoms. The molecule has 1 aliphatic heterocycles. The number of benzene rings is 2. The Morgan fingerprint density at radius 2 is 1.93 bits per heavy atom. The number of nitrogens with zero attached hydrogens (tertiary/aromatic N) is 1. The summed E-state index contributed by atoms with van der Waals surface area (Å²) in [7, 11) is 0. The monoisotopic (exact) mass is 419 g/mol. The van der Waals surface area contributed by atoms with E-state index in [4.69, 9.17) is 24.1 Å². The lowest BCUT2D eigenvalue weighted by atomic mass is 9.87. The summed E-state index contributed by atoms with van der Waals surface area (Å²) < 4.78 is 40.1. The Morgan fingerprint density at radius 1 is 1.28 bits per heavy atom. The van der Waals surface area contributed by atoms with Crippen molar-refractivity contribution in [2.24, 2.45) is 16.5 Å². The molecule has 3 rings (SSSR count). The first-order chi connectivity index (χ1) is 13.5. The van der Waals surface area contributed by atoms with E-state index >= 15 is 0 Å². The number of hydrogen-bond donors (Lipinski definition) is 3. The summed E-state index contributed by atoms with van der Waals surface area (Å²) in [5, 5.41) is 1.60. The van der Waals surface area contributed by atoms with Gasteiger partial charge in [-0.2, -0.15) is 13.2 Å². The number of allylic oxidation sites excluding steroid dienone is 4. The Bertz CT molecular complexity index is 1080. The minimum atomic E-state index is -4.45. The van der Waals surface area contributed by atoms with Gasteiger partial charge in [0.15, 0.2) is 0 Å². The molecule has 4 N–H and O–H groups in total. The minimum Gasteiger partial charge on any atom is -0.383 e. The molecule has 1 atom stereocenters. The highest BCUT2D eigenvalue weighted by atomic mass is 32.1. The van der Waals surface area contributed by atoms with Gasteiger partial charge in [-0.3, -0.25) is 0 Å². The molecule has 1 heterocycles. The van der Waals surface area contributed by atoms with Gasteiger partial charge in [0.2, 0.25) is 0 Å². The van der Waals surface area contributed by atoms with Gasteiger partial charge < -0.3 is 11.5 Å². The standard InChI is InChI=1S/C22H24F3N3S/c1-5-13(22(23,24)25)8-11(4)16-17-12(6-7-14(10(2)3)19(17)29)9-15-18(16)21(27)28-20(15)26/h5-10,20,29H,26H2,1-4H3,(H2,27,28)/b11-8+,13-5+. The summed E-state index contributed by atoms with van der Waals surface area (Å²) in [6, 6.07) is 5.84. The molecule has 3 nitrogen and oxygen atoms in total. The van der Waals surface area contributed by atoms with Crippen LogP contribution in [0.3, 0.4) is 0 Å². The lowest BCUT2D eigenvalue weighted by Crippen LogP contribution is -2.14. The van der Waals surface area contributed by atoms with E-state index in [9.17, 15) is 13.2 Å². The van der Waals surface area contributed by atoms with Crippen LogP contribution in [0.2, 0.25) is 0 Å². The quantitative estimate of drug-likeness (QED) is 0.432. The molecule has 0 fully saturated rings. The van der Waals surface area contributed by atoms with Crippen LogP contribution >= 0.6 is 12.6 Å². The van der Waals surface area contributed by atoms with Crippen molar-refractivity contribution in [1.29, 1.82) is 0 Å². The van der Waals surface area contributed by atoms with Gasteiger partial charge in [0.05, 0.1) is 5.57 Å². The van der Waals surface area contributed by atoms with Crippen LogP contribution in [0, 0.1) is 0 Å². The summed E-state index contributed by atoms with van der Waals surface area (Å²) in [6.45, 7) is 7.11. The summed E-state index contributed by atoms with van der Waals surface area (Å²) in [5.41, 5.74) is 14.9. The number of amidine groups is 1. The van der Waals surface area contributed by atoms with Crippen LogP contribution < -0.4 is 11.5 Å².